The van der Waals surface area contributed by atoms with Gasteiger partial charge in [-0.05, 0) is 0 Å². The summed E-state index contributed by atoms with van der Waals surface area (Å²) in [5.41, 5.74) is 0.349. The topological polar surface area (TPSA) is 81.6 Å². The molecule has 5 heteroatoms. The second kappa shape index (κ2) is 2.64. The highest BCUT2D eigenvalue weighted by atomic mass is 16.1. The van der Waals surface area contributed by atoms with Gasteiger partial charge in [0.1, 0.15) is 0 Å². The van der Waals surface area contributed by atoms with E-state index in [9.17, 15) is 4.79 Å². The molecular weight excluding hydrogens is 132 g/mol. The van der Waals surface area contributed by atoms with Crippen molar-refractivity contribution in [3.63, 3.8) is 0 Å². The summed E-state index contributed by atoms with van der Waals surface area (Å²) < 4.78 is 0. The number of carbonyl (C=O) groups excluding carboxylic acids is 1. The van der Waals surface area contributed by atoms with Crippen LogP contribution >= 0.6 is 0 Å². The molecule has 1 heterocycles. The molecule has 1 aromatic heterocycles. The van der Waals surface area contributed by atoms with Gasteiger partial charge in [-0.3, -0.25) is 15.2 Å². The fourth-order valence-electron chi connectivity index (χ4n) is 0.498. The molecule has 5 nitrogen and oxygen atoms in total. The summed E-state index contributed by atoms with van der Waals surface area (Å²) in [6.45, 7) is 0. The SMILES string of the molecule is N#CNC(=O)c1cn[nH]c1. The smallest absolute Gasteiger partial charge is 0.267 e. The Hall–Kier alpha value is -1.83. The monoisotopic (exact) mass is 136 g/mol. The first-order valence-electron chi connectivity index (χ1n) is 2.53. The Labute approximate surface area is 56.7 Å². The number of nitrogens with zero attached hydrogens (tertiary/aromatic N) is 2. The van der Waals surface area contributed by atoms with Gasteiger partial charge in [-0.2, -0.15) is 10.4 Å². The average Bonchev–Trinajstić information content (AvgIpc) is 2.38. The van der Waals surface area contributed by atoms with Crippen LogP contribution in [0.5, 0.6) is 0 Å². The molecule has 10 heavy (non-hydrogen) atoms. The maximum atomic E-state index is 10.7. The first-order chi connectivity index (χ1) is 4.84. The molecule has 1 aromatic rings. The summed E-state index contributed by atoms with van der Waals surface area (Å²) in [5.74, 6) is -0.448. The van der Waals surface area contributed by atoms with Crippen LogP contribution in [0, 0.1) is 11.5 Å². The van der Waals surface area contributed by atoms with Crippen LogP contribution in [0.3, 0.4) is 0 Å². The Morgan fingerprint density at radius 2 is 2.70 bits per heavy atom. The Kier molecular flexibility index (Phi) is 1.66. The molecule has 0 bridgehead atoms. The van der Waals surface area contributed by atoms with Crippen molar-refractivity contribution in [2.45, 2.75) is 0 Å². The quantitative estimate of drug-likeness (QED) is 0.408. The lowest BCUT2D eigenvalue weighted by molar-refractivity contribution is 0.0973. The Morgan fingerprint density at radius 1 is 1.90 bits per heavy atom. The van der Waals surface area contributed by atoms with E-state index in [4.69, 9.17) is 5.26 Å². The van der Waals surface area contributed by atoms with Crippen LogP contribution in [0.4, 0.5) is 0 Å². The lowest BCUT2D eigenvalue weighted by Gasteiger charge is -1.86. The molecule has 0 unspecified atom stereocenters. The number of hydrogen-bond acceptors (Lipinski definition) is 3. The third-order valence-electron chi connectivity index (χ3n) is 0.930. The summed E-state index contributed by atoms with van der Waals surface area (Å²) >= 11 is 0. The highest BCUT2D eigenvalue weighted by Gasteiger charge is 2.03. The van der Waals surface area contributed by atoms with E-state index >= 15 is 0 Å². The Balaban J connectivity index is 2.71. The molecule has 0 spiro atoms. The molecule has 0 fully saturated rings. The van der Waals surface area contributed by atoms with Crippen LogP contribution in [0.25, 0.3) is 0 Å². The minimum Gasteiger partial charge on any atom is -0.285 e. The van der Waals surface area contributed by atoms with Crippen molar-refractivity contribution in [2.24, 2.45) is 0 Å². The first kappa shape index (κ1) is 6.29. The van der Waals surface area contributed by atoms with Crippen molar-refractivity contribution < 1.29 is 4.79 Å². The van der Waals surface area contributed by atoms with Gasteiger partial charge in [0.2, 0.25) is 0 Å². The molecule has 50 valence electrons. The van der Waals surface area contributed by atoms with Crippen LogP contribution < -0.4 is 5.32 Å². The van der Waals surface area contributed by atoms with Gasteiger partial charge in [-0.1, -0.05) is 0 Å². The molecule has 1 amide bonds. The van der Waals surface area contributed by atoms with Crippen LogP contribution in [-0.4, -0.2) is 16.1 Å². The van der Waals surface area contributed by atoms with Crippen molar-refractivity contribution >= 4 is 5.91 Å². The molecule has 1 rings (SSSR count). The zero-order chi connectivity index (χ0) is 7.40. The van der Waals surface area contributed by atoms with Crippen molar-refractivity contribution in [1.29, 1.82) is 5.26 Å². The van der Waals surface area contributed by atoms with E-state index in [-0.39, 0.29) is 0 Å². The third-order valence-corrected chi connectivity index (χ3v) is 0.930. The van der Waals surface area contributed by atoms with Crippen LogP contribution in [0.2, 0.25) is 0 Å². The molecule has 0 saturated heterocycles. The van der Waals surface area contributed by atoms with Gasteiger partial charge >= 0.3 is 0 Å². The largest absolute Gasteiger partial charge is 0.285 e. The van der Waals surface area contributed by atoms with Gasteiger partial charge < -0.3 is 0 Å². The van der Waals surface area contributed by atoms with Crippen LogP contribution in [0.1, 0.15) is 10.4 Å². The number of amides is 1. The third kappa shape index (κ3) is 1.11. The second-order valence-electron chi connectivity index (χ2n) is 1.55. The summed E-state index contributed by atoms with van der Waals surface area (Å²) in [4.78, 5) is 10.7. The van der Waals surface area contributed by atoms with Crippen LogP contribution in [-0.2, 0) is 0 Å². The highest BCUT2D eigenvalue weighted by Crippen LogP contribution is 1.90. The lowest BCUT2D eigenvalue weighted by Crippen LogP contribution is -2.16. The average molecular weight is 136 g/mol. The lowest BCUT2D eigenvalue weighted by atomic mass is 10.3. The minimum atomic E-state index is -0.448. The summed E-state index contributed by atoms with van der Waals surface area (Å²) in [7, 11) is 0. The molecule has 0 aliphatic carbocycles. The van der Waals surface area contributed by atoms with E-state index in [1.807, 2.05) is 5.32 Å². The molecular formula is C5H4N4O. The van der Waals surface area contributed by atoms with Crippen molar-refractivity contribution in [2.75, 3.05) is 0 Å². The van der Waals surface area contributed by atoms with E-state index < -0.39 is 5.91 Å². The predicted octanol–water partition coefficient (Wildman–Crippen LogP) is -0.379. The second-order valence-corrected chi connectivity index (χ2v) is 1.55. The van der Waals surface area contributed by atoms with Crippen LogP contribution in [0.15, 0.2) is 12.4 Å². The van der Waals surface area contributed by atoms with Gasteiger partial charge in [0.15, 0.2) is 6.19 Å². The molecule has 0 aromatic carbocycles. The maximum Gasteiger partial charge on any atom is 0.267 e. The Bertz CT molecular complexity index is 258. The van der Waals surface area contributed by atoms with E-state index in [0.717, 1.165) is 0 Å². The summed E-state index contributed by atoms with van der Waals surface area (Å²) in [5, 5.41) is 16.0. The standard InChI is InChI=1S/C5H4N4O/c6-3-7-5(10)4-1-8-9-2-4/h1-2H,(H,7,10)(H,8,9). The van der Waals surface area contributed by atoms with E-state index in [1.54, 1.807) is 0 Å². The van der Waals surface area contributed by atoms with E-state index in [1.165, 1.54) is 18.6 Å². The number of rotatable bonds is 1. The first-order valence-corrected chi connectivity index (χ1v) is 2.53. The molecule has 0 aliphatic rings. The number of nitrogens with one attached hydrogen (secondary N) is 2. The number of H-pyrrole nitrogens is 1. The summed E-state index contributed by atoms with van der Waals surface area (Å²) in [6.07, 6.45) is 4.26. The van der Waals surface area contributed by atoms with Crippen molar-refractivity contribution in [1.82, 2.24) is 15.5 Å². The molecule has 2 N–H and O–H groups in total. The summed E-state index contributed by atoms with van der Waals surface area (Å²) in [6, 6.07) is 0. The number of hydrogen-bond donors (Lipinski definition) is 2. The molecule has 0 atom stereocenters. The molecule has 0 saturated carbocycles. The van der Waals surface area contributed by atoms with E-state index in [0.29, 0.717) is 5.56 Å². The molecule has 0 radical (unpaired) electrons. The minimum absolute atomic E-state index is 0.349. The van der Waals surface area contributed by atoms with Gasteiger partial charge in [-0.15, -0.1) is 0 Å². The molecule has 0 aliphatic heterocycles. The normalized spacial score (nSPS) is 8.30. The van der Waals surface area contributed by atoms with E-state index in [2.05, 4.69) is 10.2 Å². The van der Waals surface area contributed by atoms with Crippen molar-refractivity contribution in [3.8, 4) is 6.19 Å². The van der Waals surface area contributed by atoms with Gasteiger partial charge in [0, 0.05) is 6.20 Å². The van der Waals surface area contributed by atoms with Gasteiger partial charge in [0.05, 0.1) is 11.8 Å². The van der Waals surface area contributed by atoms with Crippen molar-refractivity contribution in [3.05, 3.63) is 18.0 Å². The zero-order valence-electron chi connectivity index (χ0n) is 4.96. The number of aromatic amines is 1. The highest BCUT2D eigenvalue weighted by molar-refractivity contribution is 5.94. The Morgan fingerprint density at radius 3 is 3.20 bits per heavy atom. The zero-order valence-corrected chi connectivity index (χ0v) is 4.96. The fourth-order valence-corrected chi connectivity index (χ4v) is 0.498. The number of carbonyl (C=O) groups is 1. The number of nitriles is 1. The predicted molar refractivity (Wildman–Crippen MR) is 31.7 cm³/mol. The van der Waals surface area contributed by atoms with Gasteiger partial charge in [-0.25, -0.2) is 0 Å². The number of aromatic nitrogens is 2. The van der Waals surface area contributed by atoms with Gasteiger partial charge in [0.25, 0.3) is 5.91 Å². The fraction of sp³-hybridized carbons (Fsp3) is 0. The maximum absolute atomic E-state index is 10.7.